The highest BCUT2D eigenvalue weighted by atomic mass is 19.2. The molecule has 4 atom stereocenters. The lowest BCUT2D eigenvalue weighted by Crippen LogP contribution is -2.42. The van der Waals surface area contributed by atoms with E-state index in [0.29, 0.717) is 0 Å². The van der Waals surface area contributed by atoms with Gasteiger partial charge in [0.05, 0.1) is 18.1 Å². The standard InChI is InChI=1S/C16H17F2NO5/c1-16(2)23-13-8(6-11(14(13)24-16)19-15(21)22)12(20)7-3-4-9(17)10(18)5-7/h3-5,8,11,13-14,19H,6H2,1-2H3,(H,21,22)/t8-,11-,13-,14+/m1/s1. The van der Waals surface area contributed by atoms with Crippen LogP contribution < -0.4 is 5.32 Å². The first kappa shape index (κ1) is 16.8. The number of benzene rings is 1. The molecule has 1 saturated carbocycles. The summed E-state index contributed by atoms with van der Waals surface area (Å²) in [6.45, 7) is 3.34. The molecule has 1 aromatic carbocycles. The average Bonchev–Trinajstić information content (AvgIpc) is 2.95. The third-order valence-electron chi connectivity index (χ3n) is 4.31. The molecule has 2 aliphatic rings. The summed E-state index contributed by atoms with van der Waals surface area (Å²) in [4.78, 5) is 23.6. The third kappa shape index (κ3) is 2.99. The molecule has 3 rings (SSSR count). The smallest absolute Gasteiger partial charge is 0.404 e. The second kappa shape index (κ2) is 5.78. The normalized spacial score (nSPS) is 30.8. The fourth-order valence-electron chi connectivity index (χ4n) is 3.40. The summed E-state index contributed by atoms with van der Waals surface area (Å²) in [5.74, 6) is -4.25. The summed E-state index contributed by atoms with van der Waals surface area (Å²) in [5, 5.41) is 11.3. The van der Waals surface area contributed by atoms with E-state index in [4.69, 9.17) is 14.6 Å². The molecule has 2 N–H and O–H groups in total. The van der Waals surface area contributed by atoms with Crippen LogP contribution in [0.5, 0.6) is 0 Å². The SMILES string of the molecule is CC1(C)O[C@@H]2[C@H](O1)[C@@H](C(=O)c1ccc(F)c(F)c1)C[C@H]2NC(=O)O. The van der Waals surface area contributed by atoms with E-state index < -0.39 is 53.5 Å². The van der Waals surface area contributed by atoms with E-state index in [2.05, 4.69) is 5.32 Å². The van der Waals surface area contributed by atoms with Crippen molar-refractivity contribution in [2.45, 2.75) is 44.3 Å². The topological polar surface area (TPSA) is 84.9 Å². The second-order valence-electron chi connectivity index (χ2n) is 6.46. The van der Waals surface area contributed by atoms with Crippen molar-refractivity contribution >= 4 is 11.9 Å². The van der Waals surface area contributed by atoms with Gasteiger partial charge in [-0.05, 0) is 38.5 Å². The molecule has 1 heterocycles. The molecule has 0 spiro atoms. The number of ether oxygens (including phenoxy) is 2. The number of halogens is 2. The van der Waals surface area contributed by atoms with Gasteiger partial charge in [-0.15, -0.1) is 0 Å². The van der Waals surface area contributed by atoms with Crippen molar-refractivity contribution < 1.29 is 33.0 Å². The van der Waals surface area contributed by atoms with Crippen molar-refractivity contribution in [3.8, 4) is 0 Å². The van der Waals surface area contributed by atoms with Gasteiger partial charge in [-0.3, -0.25) is 4.79 Å². The van der Waals surface area contributed by atoms with Crippen LogP contribution in [-0.4, -0.2) is 41.0 Å². The van der Waals surface area contributed by atoms with Crippen molar-refractivity contribution in [1.29, 1.82) is 0 Å². The molecular formula is C16H17F2NO5. The Labute approximate surface area is 136 Å². The van der Waals surface area contributed by atoms with E-state index in [9.17, 15) is 18.4 Å². The molecule has 24 heavy (non-hydrogen) atoms. The largest absolute Gasteiger partial charge is 0.465 e. The predicted octanol–water partition coefficient (Wildman–Crippen LogP) is 2.32. The highest BCUT2D eigenvalue weighted by Gasteiger charge is 2.56. The van der Waals surface area contributed by atoms with Crippen molar-refractivity contribution in [2.24, 2.45) is 5.92 Å². The summed E-state index contributed by atoms with van der Waals surface area (Å²) in [5.41, 5.74) is 0.0157. The van der Waals surface area contributed by atoms with Crippen LogP contribution in [0.25, 0.3) is 0 Å². The number of amides is 1. The lowest BCUT2D eigenvalue weighted by molar-refractivity contribution is -0.156. The third-order valence-corrected chi connectivity index (χ3v) is 4.31. The number of nitrogens with one attached hydrogen (secondary N) is 1. The Morgan fingerprint density at radius 3 is 2.50 bits per heavy atom. The predicted molar refractivity (Wildman–Crippen MR) is 77.6 cm³/mol. The number of rotatable bonds is 3. The van der Waals surface area contributed by atoms with Gasteiger partial charge in [0.1, 0.15) is 6.10 Å². The van der Waals surface area contributed by atoms with Crippen LogP contribution >= 0.6 is 0 Å². The first-order valence-electron chi connectivity index (χ1n) is 7.52. The quantitative estimate of drug-likeness (QED) is 0.824. The summed E-state index contributed by atoms with van der Waals surface area (Å²) >= 11 is 0. The molecule has 1 aliphatic heterocycles. The van der Waals surface area contributed by atoms with Crippen LogP contribution in [0.4, 0.5) is 13.6 Å². The van der Waals surface area contributed by atoms with Crippen LogP contribution in [0.15, 0.2) is 18.2 Å². The summed E-state index contributed by atoms with van der Waals surface area (Å²) in [6.07, 6.45) is -2.34. The van der Waals surface area contributed by atoms with E-state index in [-0.39, 0.29) is 12.0 Å². The Morgan fingerprint density at radius 2 is 1.88 bits per heavy atom. The molecule has 1 saturated heterocycles. The van der Waals surface area contributed by atoms with Gasteiger partial charge in [0.25, 0.3) is 0 Å². The van der Waals surface area contributed by atoms with Gasteiger partial charge >= 0.3 is 6.09 Å². The Balaban J connectivity index is 1.87. The van der Waals surface area contributed by atoms with Gasteiger partial charge in [-0.2, -0.15) is 0 Å². The molecule has 1 aliphatic carbocycles. The number of carboxylic acid groups (broad SMARTS) is 1. The van der Waals surface area contributed by atoms with Gasteiger partial charge in [0.15, 0.2) is 23.2 Å². The number of fused-ring (bicyclic) bond motifs is 1. The number of Topliss-reactive ketones (excluding diaryl/α,β-unsaturated/α-hetero) is 1. The van der Waals surface area contributed by atoms with Gasteiger partial charge in [-0.1, -0.05) is 0 Å². The van der Waals surface area contributed by atoms with Crippen LogP contribution in [-0.2, 0) is 9.47 Å². The molecule has 1 aromatic rings. The average molecular weight is 341 g/mol. The maximum absolute atomic E-state index is 13.4. The lowest BCUT2D eigenvalue weighted by atomic mass is 9.94. The summed E-state index contributed by atoms with van der Waals surface area (Å²) < 4.78 is 37.9. The van der Waals surface area contributed by atoms with E-state index in [1.807, 2.05) is 0 Å². The van der Waals surface area contributed by atoms with E-state index in [1.54, 1.807) is 13.8 Å². The van der Waals surface area contributed by atoms with Crippen LogP contribution in [0.1, 0.15) is 30.6 Å². The second-order valence-corrected chi connectivity index (χ2v) is 6.46. The molecule has 0 unspecified atom stereocenters. The minimum absolute atomic E-state index is 0.0157. The molecule has 6 nitrogen and oxygen atoms in total. The molecule has 0 radical (unpaired) electrons. The Kier molecular flexibility index (Phi) is 4.05. The van der Waals surface area contributed by atoms with Crippen molar-refractivity contribution in [3.63, 3.8) is 0 Å². The van der Waals surface area contributed by atoms with Gasteiger partial charge in [-0.25, -0.2) is 13.6 Å². The van der Waals surface area contributed by atoms with Crippen molar-refractivity contribution in [2.75, 3.05) is 0 Å². The summed E-state index contributed by atoms with van der Waals surface area (Å²) in [6, 6.07) is 2.31. The maximum atomic E-state index is 13.4. The van der Waals surface area contributed by atoms with Crippen LogP contribution in [0.2, 0.25) is 0 Å². The Morgan fingerprint density at radius 1 is 1.21 bits per heavy atom. The van der Waals surface area contributed by atoms with Crippen molar-refractivity contribution in [3.05, 3.63) is 35.4 Å². The number of hydrogen-bond donors (Lipinski definition) is 2. The molecule has 130 valence electrons. The highest BCUT2D eigenvalue weighted by molar-refractivity contribution is 5.98. The van der Waals surface area contributed by atoms with Crippen molar-refractivity contribution in [1.82, 2.24) is 5.32 Å². The minimum Gasteiger partial charge on any atom is -0.465 e. The molecular weight excluding hydrogens is 324 g/mol. The summed E-state index contributed by atoms with van der Waals surface area (Å²) in [7, 11) is 0. The van der Waals surface area contributed by atoms with E-state index in [1.165, 1.54) is 6.07 Å². The molecule has 0 bridgehead atoms. The highest BCUT2D eigenvalue weighted by Crippen LogP contribution is 2.43. The number of ketones is 1. The molecule has 2 fully saturated rings. The molecule has 8 heteroatoms. The lowest BCUT2D eigenvalue weighted by Gasteiger charge is -2.23. The van der Waals surface area contributed by atoms with Gasteiger partial charge < -0.3 is 19.9 Å². The molecule has 1 amide bonds. The zero-order chi connectivity index (χ0) is 17.6. The first-order chi connectivity index (χ1) is 11.2. The fraction of sp³-hybridized carbons (Fsp3) is 0.500. The van der Waals surface area contributed by atoms with Gasteiger partial charge in [0.2, 0.25) is 0 Å². The van der Waals surface area contributed by atoms with E-state index >= 15 is 0 Å². The van der Waals surface area contributed by atoms with E-state index in [0.717, 1.165) is 12.1 Å². The number of carbonyl (C=O) groups excluding carboxylic acids is 1. The number of carbonyl (C=O) groups is 2. The zero-order valence-corrected chi connectivity index (χ0v) is 13.1. The zero-order valence-electron chi connectivity index (χ0n) is 13.1. The minimum atomic E-state index is -1.23. The Bertz CT molecular complexity index is 693. The first-order valence-corrected chi connectivity index (χ1v) is 7.52. The maximum Gasteiger partial charge on any atom is 0.404 e. The monoisotopic (exact) mass is 341 g/mol. The van der Waals surface area contributed by atoms with Crippen LogP contribution in [0.3, 0.4) is 0 Å². The van der Waals surface area contributed by atoms with Gasteiger partial charge in [0, 0.05) is 5.56 Å². The van der Waals surface area contributed by atoms with Crippen LogP contribution in [0, 0.1) is 17.6 Å². The number of hydrogen-bond acceptors (Lipinski definition) is 4. The Hall–Kier alpha value is -2.06. The fourth-order valence-corrected chi connectivity index (χ4v) is 3.40. The molecule has 0 aromatic heterocycles.